The van der Waals surface area contributed by atoms with Gasteiger partial charge in [0.2, 0.25) is 0 Å². The van der Waals surface area contributed by atoms with Gasteiger partial charge in [0.05, 0.1) is 17.3 Å². The molecule has 0 spiro atoms. The van der Waals surface area contributed by atoms with Crippen LogP contribution in [-0.2, 0) is 4.79 Å². The molecule has 144 valence electrons. The Balaban J connectivity index is 1.81. The number of thiocarbonyl (C=S) groups is 1. The van der Waals surface area contributed by atoms with Gasteiger partial charge in [-0.05, 0) is 42.4 Å². The van der Waals surface area contributed by atoms with E-state index in [4.69, 9.17) is 12.2 Å². The van der Waals surface area contributed by atoms with Gasteiger partial charge in [0.15, 0.2) is 5.11 Å². The summed E-state index contributed by atoms with van der Waals surface area (Å²) in [6.45, 7) is 2.02. The summed E-state index contributed by atoms with van der Waals surface area (Å²) < 4.78 is 0. The molecule has 0 bridgehead atoms. The van der Waals surface area contributed by atoms with Crippen LogP contribution in [0.5, 0.6) is 0 Å². The highest BCUT2D eigenvalue weighted by Crippen LogP contribution is 2.32. The van der Waals surface area contributed by atoms with Gasteiger partial charge < -0.3 is 16.0 Å². The first-order chi connectivity index (χ1) is 14.1. The Morgan fingerprint density at radius 2 is 1.52 bits per heavy atom. The summed E-state index contributed by atoms with van der Waals surface area (Å²) in [7, 11) is 0. The van der Waals surface area contributed by atoms with E-state index >= 15 is 0 Å². The minimum absolute atomic E-state index is 0.177. The fourth-order valence-electron chi connectivity index (χ4n) is 3.37. The molecule has 0 radical (unpaired) electrons. The first-order valence-corrected chi connectivity index (χ1v) is 9.83. The number of anilines is 1. The Hall–Kier alpha value is -3.44. The monoisotopic (exact) mass is 399 g/mol. The van der Waals surface area contributed by atoms with Gasteiger partial charge in [-0.25, -0.2) is 0 Å². The van der Waals surface area contributed by atoms with Crippen LogP contribution in [0.15, 0.2) is 90.5 Å². The second-order valence-corrected chi connectivity index (χ2v) is 7.33. The third kappa shape index (κ3) is 4.20. The van der Waals surface area contributed by atoms with Crippen LogP contribution >= 0.6 is 12.2 Å². The van der Waals surface area contributed by atoms with Crippen molar-refractivity contribution in [3.05, 3.63) is 107 Å². The number of aryl methyl sites for hydroxylation is 1. The molecule has 1 atom stereocenters. The average molecular weight is 400 g/mol. The molecule has 0 aromatic heterocycles. The molecular weight excluding hydrogens is 378 g/mol. The van der Waals surface area contributed by atoms with E-state index in [9.17, 15) is 4.79 Å². The molecule has 3 aromatic rings. The van der Waals surface area contributed by atoms with E-state index in [2.05, 4.69) is 16.0 Å². The van der Waals surface area contributed by atoms with Crippen LogP contribution in [0.4, 0.5) is 5.69 Å². The Bertz CT molecular complexity index is 1060. The molecule has 1 aliphatic heterocycles. The molecule has 3 aromatic carbocycles. The van der Waals surface area contributed by atoms with Crippen molar-refractivity contribution in [3.63, 3.8) is 0 Å². The molecule has 0 saturated heterocycles. The molecule has 3 N–H and O–H groups in total. The molecular formula is C24H21N3OS. The smallest absolute Gasteiger partial charge is 0.256 e. The van der Waals surface area contributed by atoms with Crippen molar-refractivity contribution in [2.75, 3.05) is 5.32 Å². The number of rotatable bonds is 4. The van der Waals surface area contributed by atoms with Crippen molar-refractivity contribution in [3.8, 4) is 0 Å². The van der Waals surface area contributed by atoms with Gasteiger partial charge >= 0.3 is 0 Å². The first kappa shape index (κ1) is 18.9. The zero-order chi connectivity index (χ0) is 20.2. The number of benzene rings is 3. The fraction of sp³-hybridized carbons (Fsp3) is 0.0833. The number of carbonyl (C=O) groups is 1. The van der Waals surface area contributed by atoms with E-state index in [1.54, 1.807) is 0 Å². The van der Waals surface area contributed by atoms with Gasteiger partial charge in [-0.15, -0.1) is 0 Å². The zero-order valence-electron chi connectivity index (χ0n) is 16.0. The molecule has 1 aliphatic rings. The summed E-state index contributed by atoms with van der Waals surface area (Å²) in [6.07, 6.45) is 0. The summed E-state index contributed by atoms with van der Waals surface area (Å²) in [6, 6.07) is 27.0. The molecule has 4 rings (SSSR count). The van der Waals surface area contributed by atoms with Crippen molar-refractivity contribution in [2.24, 2.45) is 0 Å². The van der Waals surface area contributed by atoms with Crippen LogP contribution in [-0.4, -0.2) is 11.0 Å². The van der Waals surface area contributed by atoms with E-state index in [0.717, 1.165) is 22.4 Å². The second-order valence-electron chi connectivity index (χ2n) is 6.92. The number of amides is 1. The maximum atomic E-state index is 13.4. The van der Waals surface area contributed by atoms with E-state index < -0.39 is 0 Å². The van der Waals surface area contributed by atoms with Crippen molar-refractivity contribution < 1.29 is 4.79 Å². The highest BCUT2D eigenvalue weighted by molar-refractivity contribution is 7.80. The van der Waals surface area contributed by atoms with Crippen LogP contribution in [0.25, 0.3) is 5.70 Å². The summed E-state index contributed by atoms with van der Waals surface area (Å²) >= 11 is 5.46. The number of carbonyl (C=O) groups excluding carboxylic acids is 1. The predicted molar refractivity (Wildman–Crippen MR) is 121 cm³/mol. The van der Waals surface area contributed by atoms with Crippen LogP contribution in [0.3, 0.4) is 0 Å². The van der Waals surface area contributed by atoms with E-state index in [0.29, 0.717) is 16.4 Å². The summed E-state index contributed by atoms with van der Waals surface area (Å²) in [4.78, 5) is 13.4. The number of hydrogen-bond donors (Lipinski definition) is 3. The molecule has 0 saturated carbocycles. The lowest BCUT2D eigenvalue weighted by Gasteiger charge is -2.31. The van der Waals surface area contributed by atoms with Crippen molar-refractivity contribution in [1.29, 1.82) is 0 Å². The maximum Gasteiger partial charge on any atom is 0.256 e. The SMILES string of the molecule is Cc1ccc(NC(=O)C2=C(c3ccccc3)NC(=S)N[C@H]2c2ccccc2)cc1. The lowest BCUT2D eigenvalue weighted by atomic mass is 9.92. The molecule has 29 heavy (non-hydrogen) atoms. The molecule has 1 heterocycles. The van der Waals surface area contributed by atoms with E-state index in [1.165, 1.54) is 0 Å². The molecule has 4 nitrogen and oxygen atoms in total. The average Bonchev–Trinajstić information content (AvgIpc) is 2.76. The van der Waals surface area contributed by atoms with Crippen molar-refractivity contribution >= 4 is 34.6 Å². The minimum atomic E-state index is -0.356. The Kier molecular flexibility index (Phi) is 5.40. The molecule has 5 heteroatoms. The van der Waals surface area contributed by atoms with E-state index in [1.807, 2.05) is 91.9 Å². The van der Waals surface area contributed by atoms with Crippen molar-refractivity contribution in [1.82, 2.24) is 10.6 Å². The molecule has 0 aliphatic carbocycles. The Morgan fingerprint density at radius 1 is 0.897 bits per heavy atom. The van der Waals surface area contributed by atoms with Gasteiger partial charge in [0.1, 0.15) is 0 Å². The molecule has 0 unspecified atom stereocenters. The lowest BCUT2D eigenvalue weighted by molar-refractivity contribution is -0.113. The van der Waals surface area contributed by atoms with Crippen LogP contribution < -0.4 is 16.0 Å². The molecule has 1 amide bonds. The summed E-state index contributed by atoms with van der Waals surface area (Å²) in [5.41, 5.74) is 5.08. The van der Waals surface area contributed by atoms with Crippen LogP contribution in [0.1, 0.15) is 22.7 Å². The van der Waals surface area contributed by atoms with Crippen LogP contribution in [0.2, 0.25) is 0 Å². The van der Waals surface area contributed by atoms with Gasteiger partial charge in [-0.1, -0.05) is 78.4 Å². The third-order valence-electron chi connectivity index (χ3n) is 4.82. The predicted octanol–water partition coefficient (Wildman–Crippen LogP) is 4.56. The second kappa shape index (κ2) is 8.29. The van der Waals surface area contributed by atoms with Gasteiger partial charge in [-0.2, -0.15) is 0 Å². The summed E-state index contributed by atoms with van der Waals surface area (Å²) in [5.74, 6) is -0.177. The Labute approximate surface area is 175 Å². The largest absolute Gasteiger partial charge is 0.351 e. The van der Waals surface area contributed by atoms with Gasteiger partial charge in [0, 0.05) is 5.69 Å². The number of nitrogens with one attached hydrogen (secondary N) is 3. The third-order valence-corrected chi connectivity index (χ3v) is 5.04. The van der Waals surface area contributed by atoms with Crippen LogP contribution in [0, 0.1) is 6.92 Å². The maximum absolute atomic E-state index is 13.4. The first-order valence-electron chi connectivity index (χ1n) is 9.42. The standard InChI is InChI=1S/C24H21N3OS/c1-16-12-14-19(15-13-16)25-23(28)20-21(17-8-4-2-5-9-17)26-24(29)27-22(20)18-10-6-3-7-11-18/h2-15,21H,1H3,(H,25,28)(H2,26,27,29)/t21-/m0/s1. The normalized spacial score (nSPS) is 16.0. The highest BCUT2D eigenvalue weighted by atomic mass is 32.1. The quantitative estimate of drug-likeness (QED) is 0.563. The highest BCUT2D eigenvalue weighted by Gasteiger charge is 2.32. The summed E-state index contributed by atoms with van der Waals surface area (Å²) in [5, 5.41) is 9.98. The topological polar surface area (TPSA) is 53.2 Å². The Morgan fingerprint density at radius 3 is 2.17 bits per heavy atom. The molecule has 0 fully saturated rings. The van der Waals surface area contributed by atoms with Gasteiger partial charge in [0.25, 0.3) is 5.91 Å². The zero-order valence-corrected chi connectivity index (χ0v) is 16.8. The number of hydrogen-bond acceptors (Lipinski definition) is 2. The minimum Gasteiger partial charge on any atom is -0.351 e. The lowest BCUT2D eigenvalue weighted by Crippen LogP contribution is -2.45. The van der Waals surface area contributed by atoms with Gasteiger partial charge in [-0.3, -0.25) is 4.79 Å². The van der Waals surface area contributed by atoms with Crippen molar-refractivity contribution in [2.45, 2.75) is 13.0 Å². The fourth-order valence-corrected chi connectivity index (χ4v) is 3.59. The van der Waals surface area contributed by atoms with E-state index in [-0.39, 0.29) is 11.9 Å².